The number of aromatic nitrogens is 3. The number of nitrogens with one attached hydrogen (secondary N) is 2. The Morgan fingerprint density at radius 1 is 1.18 bits per heavy atom. The molecule has 1 fully saturated rings. The molecule has 0 aliphatic heterocycles. The topological polar surface area (TPSA) is 62.7 Å². The van der Waals surface area contributed by atoms with E-state index in [9.17, 15) is 13.2 Å². The molecule has 0 radical (unpaired) electrons. The number of hydrogen-bond donors (Lipinski definition) is 2. The molecule has 0 atom stereocenters. The minimum Gasteiger partial charge on any atom is -0.357 e. The van der Waals surface area contributed by atoms with E-state index in [1.807, 2.05) is 0 Å². The lowest BCUT2D eigenvalue weighted by molar-refractivity contribution is -0.151. The van der Waals surface area contributed by atoms with E-state index >= 15 is 0 Å². The van der Waals surface area contributed by atoms with E-state index in [2.05, 4.69) is 25.6 Å². The van der Waals surface area contributed by atoms with E-state index in [4.69, 9.17) is 11.6 Å². The van der Waals surface area contributed by atoms with Gasteiger partial charge in [0.1, 0.15) is 5.54 Å². The molecule has 5 nitrogen and oxygen atoms in total. The molecule has 17 heavy (non-hydrogen) atoms. The van der Waals surface area contributed by atoms with Crippen LogP contribution in [0.15, 0.2) is 0 Å². The largest absolute Gasteiger partial charge is 0.411 e. The van der Waals surface area contributed by atoms with Gasteiger partial charge in [-0.05, 0) is 24.4 Å². The van der Waals surface area contributed by atoms with Crippen molar-refractivity contribution in [2.75, 3.05) is 17.7 Å². The Hall–Kier alpha value is -1.31. The first kappa shape index (κ1) is 12.2. The zero-order chi connectivity index (χ0) is 12.7. The molecule has 0 unspecified atom stereocenters. The normalized spacial score (nSPS) is 17.7. The number of anilines is 2. The third kappa shape index (κ3) is 2.36. The average Bonchev–Trinajstić information content (AvgIpc) is 2.97. The van der Waals surface area contributed by atoms with Crippen LogP contribution in [0.2, 0.25) is 5.28 Å². The van der Waals surface area contributed by atoms with Gasteiger partial charge in [-0.2, -0.15) is 28.1 Å². The molecule has 0 aromatic carbocycles. The van der Waals surface area contributed by atoms with Gasteiger partial charge in [0.05, 0.1) is 0 Å². The zero-order valence-electron chi connectivity index (χ0n) is 8.77. The summed E-state index contributed by atoms with van der Waals surface area (Å²) in [6, 6.07) is 0. The molecule has 0 spiro atoms. The predicted octanol–water partition coefficient (Wildman–Crippen LogP) is 2.07. The van der Waals surface area contributed by atoms with Gasteiger partial charge in [0, 0.05) is 7.05 Å². The van der Waals surface area contributed by atoms with Gasteiger partial charge < -0.3 is 10.6 Å². The van der Waals surface area contributed by atoms with Crippen LogP contribution in [0.4, 0.5) is 25.1 Å². The van der Waals surface area contributed by atoms with Gasteiger partial charge in [-0.25, -0.2) is 0 Å². The minimum atomic E-state index is -4.33. The molecular weight excluding hydrogens is 259 g/mol. The highest BCUT2D eigenvalue weighted by Gasteiger charge is 2.64. The van der Waals surface area contributed by atoms with Crippen molar-refractivity contribution >= 4 is 23.5 Å². The van der Waals surface area contributed by atoms with Crippen molar-refractivity contribution in [3.05, 3.63) is 5.28 Å². The number of nitrogens with zero attached hydrogens (tertiary/aromatic N) is 3. The molecule has 1 aromatic heterocycles. The van der Waals surface area contributed by atoms with E-state index in [1.54, 1.807) is 0 Å². The maximum absolute atomic E-state index is 12.7. The third-order valence-electron chi connectivity index (χ3n) is 2.48. The van der Waals surface area contributed by atoms with Crippen LogP contribution in [0.1, 0.15) is 12.8 Å². The summed E-state index contributed by atoms with van der Waals surface area (Å²) < 4.78 is 38.0. The van der Waals surface area contributed by atoms with Crippen LogP contribution in [-0.2, 0) is 0 Å². The van der Waals surface area contributed by atoms with Crippen molar-refractivity contribution in [2.24, 2.45) is 0 Å². The molecule has 1 aliphatic carbocycles. The first-order chi connectivity index (χ1) is 7.86. The van der Waals surface area contributed by atoms with Gasteiger partial charge in [-0.15, -0.1) is 0 Å². The maximum Gasteiger partial charge on any atom is 0.411 e. The van der Waals surface area contributed by atoms with Crippen LogP contribution >= 0.6 is 11.6 Å². The molecule has 2 rings (SSSR count). The quantitative estimate of drug-likeness (QED) is 0.878. The van der Waals surface area contributed by atoms with Crippen LogP contribution in [0.25, 0.3) is 0 Å². The second-order valence-corrected chi connectivity index (χ2v) is 4.04. The van der Waals surface area contributed by atoms with Crippen molar-refractivity contribution in [3.63, 3.8) is 0 Å². The molecule has 1 heterocycles. The lowest BCUT2D eigenvalue weighted by atomic mass is 10.3. The van der Waals surface area contributed by atoms with Crippen LogP contribution in [0.3, 0.4) is 0 Å². The Morgan fingerprint density at radius 3 is 2.24 bits per heavy atom. The smallest absolute Gasteiger partial charge is 0.357 e. The Kier molecular flexibility index (Phi) is 2.76. The molecule has 94 valence electrons. The fourth-order valence-corrected chi connectivity index (χ4v) is 1.50. The lowest BCUT2D eigenvalue weighted by Gasteiger charge is -2.20. The highest BCUT2D eigenvalue weighted by molar-refractivity contribution is 6.28. The van der Waals surface area contributed by atoms with Gasteiger partial charge in [-0.3, -0.25) is 0 Å². The number of halogens is 4. The van der Waals surface area contributed by atoms with Crippen LogP contribution in [0, 0.1) is 0 Å². The van der Waals surface area contributed by atoms with Gasteiger partial charge in [0.2, 0.25) is 17.2 Å². The van der Waals surface area contributed by atoms with Gasteiger partial charge in [-0.1, -0.05) is 0 Å². The third-order valence-corrected chi connectivity index (χ3v) is 2.64. The number of alkyl halides is 3. The van der Waals surface area contributed by atoms with Crippen LogP contribution < -0.4 is 10.6 Å². The standard InChI is InChI=1S/C8H9ClF3N5/c1-13-5-14-4(9)15-6(16-5)17-7(2-3-7)8(10,11)12/h2-3H2,1H3,(H2,13,14,15,16,17). The monoisotopic (exact) mass is 267 g/mol. The molecule has 1 aromatic rings. The van der Waals surface area contributed by atoms with E-state index < -0.39 is 11.7 Å². The summed E-state index contributed by atoms with van der Waals surface area (Å²) in [6.45, 7) is 0. The van der Waals surface area contributed by atoms with Crippen LogP contribution in [0.5, 0.6) is 0 Å². The first-order valence-corrected chi connectivity index (χ1v) is 5.18. The van der Waals surface area contributed by atoms with Crippen molar-refractivity contribution in [3.8, 4) is 0 Å². The average molecular weight is 268 g/mol. The Morgan fingerprint density at radius 2 is 1.76 bits per heavy atom. The predicted molar refractivity (Wildman–Crippen MR) is 56.0 cm³/mol. The second kappa shape index (κ2) is 3.86. The highest BCUT2D eigenvalue weighted by atomic mass is 35.5. The lowest BCUT2D eigenvalue weighted by Crippen LogP contribution is -2.39. The number of rotatable bonds is 3. The zero-order valence-corrected chi connectivity index (χ0v) is 9.52. The van der Waals surface area contributed by atoms with Crippen LogP contribution in [-0.4, -0.2) is 33.7 Å². The summed E-state index contributed by atoms with van der Waals surface area (Å²) in [5.74, 6) is -0.0605. The Labute approximate surface area is 99.8 Å². The van der Waals surface area contributed by atoms with Gasteiger partial charge >= 0.3 is 6.18 Å². The second-order valence-electron chi connectivity index (χ2n) is 3.71. The van der Waals surface area contributed by atoms with E-state index in [-0.39, 0.29) is 30.0 Å². The van der Waals surface area contributed by atoms with Crippen molar-refractivity contribution in [2.45, 2.75) is 24.6 Å². The summed E-state index contributed by atoms with van der Waals surface area (Å²) in [4.78, 5) is 11.1. The van der Waals surface area contributed by atoms with Gasteiger partial charge in [0.15, 0.2) is 0 Å². The summed E-state index contributed by atoms with van der Waals surface area (Å²) >= 11 is 5.57. The molecule has 0 bridgehead atoms. The van der Waals surface area contributed by atoms with E-state index in [1.165, 1.54) is 7.05 Å². The Balaban J connectivity index is 2.22. The maximum atomic E-state index is 12.7. The van der Waals surface area contributed by atoms with Crippen molar-refractivity contribution in [1.82, 2.24) is 15.0 Å². The molecular formula is C8H9ClF3N5. The Bertz CT molecular complexity index is 432. The fraction of sp³-hybridized carbons (Fsp3) is 0.625. The summed E-state index contributed by atoms with van der Waals surface area (Å²) in [7, 11) is 1.53. The van der Waals surface area contributed by atoms with Crippen molar-refractivity contribution in [1.29, 1.82) is 0 Å². The van der Waals surface area contributed by atoms with E-state index in [0.717, 1.165) is 0 Å². The molecule has 0 saturated heterocycles. The minimum absolute atomic E-state index is 0.00862. The molecule has 1 aliphatic rings. The molecule has 2 N–H and O–H groups in total. The SMILES string of the molecule is CNc1nc(Cl)nc(NC2(C(F)(F)F)CC2)n1. The highest BCUT2D eigenvalue weighted by Crippen LogP contribution is 2.50. The summed E-state index contributed by atoms with van der Waals surface area (Å²) in [5.41, 5.74) is -1.91. The summed E-state index contributed by atoms with van der Waals surface area (Å²) in [5, 5.41) is 4.70. The molecule has 0 amide bonds. The summed E-state index contributed by atoms with van der Waals surface area (Å²) in [6.07, 6.45) is -4.31. The van der Waals surface area contributed by atoms with E-state index in [0.29, 0.717) is 0 Å². The fourth-order valence-electron chi connectivity index (χ4n) is 1.34. The van der Waals surface area contributed by atoms with Gasteiger partial charge in [0.25, 0.3) is 0 Å². The first-order valence-electron chi connectivity index (χ1n) is 4.80. The number of hydrogen-bond acceptors (Lipinski definition) is 5. The van der Waals surface area contributed by atoms with Crippen molar-refractivity contribution < 1.29 is 13.2 Å². The molecule has 9 heteroatoms. The molecule has 1 saturated carbocycles.